The van der Waals surface area contributed by atoms with Crippen molar-refractivity contribution in [2.24, 2.45) is 5.73 Å². The molecule has 0 aromatic heterocycles. The summed E-state index contributed by atoms with van der Waals surface area (Å²) in [7, 11) is 1.34. The third kappa shape index (κ3) is 5.17. The van der Waals surface area contributed by atoms with Crippen LogP contribution in [0.2, 0.25) is 0 Å². The van der Waals surface area contributed by atoms with E-state index in [4.69, 9.17) is 5.73 Å². The molecule has 0 spiro atoms. The molecule has 3 N–H and O–H groups in total. The molecule has 0 heterocycles. The zero-order valence-electron chi connectivity index (χ0n) is 9.37. The van der Waals surface area contributed by atoms with E-state index >= 15 is 0 Å². The number of nitrogens with two attached hydrogens (primary N) is 1. The van der Waals surface area contributed by atoms with Crippen molar-refractivity contribution in [2.45, 2.75) is 26.3 Å². The van der Waals surface area contributed by atoms with Gasteiger partial charge in [0.05, 0.1) is 13.2 Å². The second-order valence-corrected chi connectivity index (χ2v) is 3.11. The molecule has 0 bridgehead atoms. The first-order chi connectivity index (χ1) is 7.02. The van der Waals surface area contributed by atoms with E-state index in [-0.39, 0.29) is 5.97 Å². The molecule has 0 aliphatic rings. The Bertz CT molecular complexity index is 261. The Morgan fingerprint density at radius 2 is 2.13 bits per heavy atom. The summed E-state index contributed by atoms with van der Waals surface area (Å²) in [5, 5.41) is 2.87. The molecule has 1 unspecified atom stereocenters. The van der Waals surface area contributed by atoms with Gasteiger partial charge in [-0.25, -0.2) is 4.79 Å². The molecule has 0 saturated carbocycles. The van der Waals surface area contributed by atoms with Crippen LogP contribution in [0, 0.1) is 0 Å². The second kappa shape index (κ2) is 7.00. The minimum atomic E-state index is -0.417. The van der Waals surface area contributed by atoms with Crippen molar-refractivity contribution >= 4 is 11.9 Å². The minimum Gasteiger partial charge on any atom is -0.466 e. The number of amides is 1. The predicted octanol–water partition coefficient (Wildman–Crippen LogP) is -0.0408. The largest absolute Gasteiger partial charge is 0.466 e. The highest BCUT2D eigenvalue weighted by Crippen LogP contribution is 2.01. The first-order valence-electron chi connectivity index (χ1n) is 4.83. The molecule has 0 saturated heterocycles. The van der Waals surface area contributed by atoms with Crippen LogP contribution in [0.1, 0.15) is 20.3 Å². The Balaban J connectivity index is 4.13. The average molecular weight is 214 g/mol. The molecule has 0 radical (unpaired) electrons. The van der Waals surface area contributed by atoms with Crippen LogP contribution in [0.25, 0.3) is 0 Å². The monoisotopic (exact) mass is 214 g/mol. The molecule has 0 aromatic carbocycles. The highest BCUT2D eigenvalue weighted by atomic mass is 16.5. The van der Waals surface area contributed by atoms with Gasteiger partial charge in [0.2, 0.25) is 5.91 Å². The van der Waals surface area contributed by atoms with E-state index in [1.807, 2.05) is 6.92 Å². The lowest BCUT2D eigenvalue weighted by Gasteiger charge is -2.08. The molecular formula is C10H18N2O3. The SMILES string of the molecule is CCC(=CCNC(C)C(N)=O)C(=O)OC. The van der Waals surface area contributed by atoms with Gasteiger partial charge in [0.15, 0.2) is 0 Å². The number of hydrogen-bond acceptors (Lipinski definition) is 4. The maximum absolute atomic E-state index is 11.1. The topological polar surface area (TPSA) is 81.4 Å². The third-order valence-corrected chi connectivity index (χ3v) is 2.03. The van der Waals surface area contributed by atoms with Crippen molar-refractivity contribution in [3.8, 4) is 0 Å². The van der Waals surface area contributed by atoms with E-state index in [2.05, 4.69) is 10.1 Å². The van der Waals surface area contributed by atoms with Crippen LogP contribution in [-0.2, 0) is 14.3 Å². The summed E-state index contributed by atoms with van der Waals surface area (Å²) in [4.78, 5) is 21.8. The quantitative estimate of drug-likeness (QED) is 0.480. The van der Waals surface area contributed by atoms with Gasteiger partial charge in [-0.2, -0.15) is 0 Å². The number of carbonyl (C=O) groups is 2. The Labute approximate surface area is 89.7 Å². The highest BCUT2D eigenvalue weighted by molar-refractivity contribution is 5.88. The number of carbonyl (C=O) groups excluding carboxylic acids is 2. The standard InChI is InChI=1S/C10H18N2O3/c1-4-8(10(14)15-3)5-6-12-7(2)9(11)13/h5,7,12H,4,6H2,1-3H3,(H2,11,13). The molecule has 0 fully saturated rings. The van der Waals surface area contributed by atoms with Crippen LogP contribution in [0.5, 0.6) is 0 Å². The molecule has 0 aliphatic heterocycles. The maximum Gasteiger partial charge on any atom is 0.333 e. The van der Waals surface area contributed by atoms with Gasteiger partial charge in [0.25, 0.3) is 0 Å². The van der Waals surface area contributed by atoms with Crippen LogP contribution in [0.3, 0.4) is 0 Å². The summed E-state index contributed by atoms with van der Waals surface area (Å²) < 4.78 is 4.58. The maximum atomic E-state index is 11.1. The van der Waals surface area contributed by atoms with Crippen LogP contribution in [0.4, 0.5) is 0 Å². The average Bonchev–Trinajstić information content (AvgIpc) is 2.22. The molecule has 0 aliphatic carbocycles. The Morgan fingerprint density at radius 1 is 1.53 bits per heavy atom. The fourth-order valence-corrected chi connectivity index (χ4v) is 0.963. The summed E-state index contributed by atoms with van der Waals surface area (Å²) in [5.74, 6) is -0.759. The minimum absolute atomic E-state index is 0.342. The number of esters is 1. The Hall–Kier alpha value is -1.36. The van der Waals surface area contributed by atoms with Gasteiger partial charge in [-0.05, 0) is 13.3 Å². The molecule has 1 amide bonds. The van der Waals surface area contributed by atoms with Crippen molar-refractivity contribution in [2.75, 3.05) is 13.7 Å². The van der Waals surface area contributed by atoms with Crippen molar-refractivity contribution in [1.82, 2.24) is 5.32 Å². The molecular weight excluding hydrogens is 196 g/mol. The highest BCUT2D eigenvalue weighted by Gasteiger charge is 2.08. The number of hydrogen-bond donors (Lipinski definition) is 2. The van der Waals surface area contributed by atoms with Gasteiger partial charge < -0.3 is 15.8 Å². The molecule has 15 heavy (non-hydrogen) atoms. The smallest absolute Gasteiger partial charge is 0.333 e. The Kier molecular flexibility index (Phi) is 6.37. The second-order valence-electron chi connectivity index (χ2n) is 3.11. The van der Waals surface area contributed by atoms with Crippen LogP contribution in [0.15, 0.2) is 11.6 Å². The Morgan fingerprint density at radius 3 is 2.53 bits per heavy atom. The van der Waals surface area contributed by atoms with E-state index in [0.29, 0.717) is 18.5 Å². The molecule has 5 heteroatoms. The van der Waals surface area contributed by atoms with Crippen LogP contribution >= 0.6 is 0 Å². The molecule has 5 nitrogen and oxygen atoms in total. The van der Waals surface area contributed by atoms with Crippen molar-refractivity contribution in [3.63, 3.8) is 0 Å². The predicted molar refractivity (Wildman–Crippen MR) is 57.0 cm³/mol. The van der Waals surface area contributed by atoms with E-state index < -0.39 is 11.9 Å². The van der Waals surface area contributed by atoms with Crippen LogP contribution in [-0.4, -0.2) is 31.6 Å². The van der Waals surface area contributed by atoms with Crippen LogP contribution < -0.4 is 11.1 Å². The van der Waals surface area contributed by atoms with Gasteiger partial charge >= 0.3 is 5.97 Å². The number of nitrogens with one attached hydrogen (secondary N) is 1. The molecule has 1 atom stereocenters. The third-order valence-electron chi connectivity index (χ3n) is 2.03. The lowest BCUT2D eigenvalue weighted by molar-refractivity contribution is -0.136. The summed E-state index contributed by atoms with van der Waals surface area (Å²) in [6.45, 7) is 3.95. The molecule has 0 rings (SSSR count). The van der Waals surface area contributed by atoms with Crippen molar-refractivity contribution in [1.29, 1.82) is 0 Å². The van der Waals surface area contributed by atoms with Gasteiger partial charge in [-0.15, -0.1) is 0 Å². The summed E-state index contributed by atoms with van der Waals surface area (Å²) in [6, 6.07) is -0.406. The van der Waals surface area contributed by atoms with Gasteiger partial charge in [-0.1, -0.05) is 13.0 Å². The zero-order valence-corrected chi connectivity index (χ0v) is 9.37. The number of methoxy groups -OCH3 is 1. The lowest BCUT2D eigenvalue weighted by Crippen LogP contribution is -2.38. The fraction of sp³-hybridized carbons (Fsp3) is 0.600. The zero-order chi connectivity index (χ0) is 11.8. The van der Waals surface area contributed by atoms with Crippen molar-refractivity contribution in [3.05, 3.63) is 11.6 Å². The fourth-order valence-electron chi connectivity index (χ4n) is 0.963. The first kappa shape index (κ1) is 13.6. The number of ether oxygens (including phenoxy) is 1. The van der Waals surface area contributed by atoms with E-state index in [9.17, 15) is 9.59 Å². The summed E-state index contributed by atoms with van der Waals surface area (Å²) in [5.41, 5.74) is 5.64. The molecule has 0 aromatic rings. The number of primary amides is 1. The molecule has 86 valence electrons. The summed E-state index contributed by atoms with van der Waals surface area (Å²) in [6.07, 6.45) is 2.30. The number of rotatable bonds is 6. The summed E-state index contributed by atoms with van der Waals surface area (Å²) >= 11 is 0. The van der Waals surface area contributed by atoms with Gasteiger partial charge in [-0.3, -0.25) is 4.79 Å². The van der Waals surface area contributed by atoms with E-state index in [0.717, 1.165) is 0 Å². The normalized spacial score (nSPS) is 13.4. The van der Waals surface area contributed by atoms with Gasteiger partial charge in [0.1, 0.15) is 0 Å². The van der Waals surface area contributed by atoms with Gasteiger partial charge in [0, 0.05) is 12.1 Å². The van der Waals surface area contributed by atoms with E-state index in [1.54, 1.807) is 13.0 Å². The van der Waals surface area contributed by atoms with Crippen molar-refractivity contribution < 1.29 is 14.3 Å². The lowest BCUT2D eigenvalue weighted by atomic mass is 10.2. The van der Waals surface area contributed by atoms with E-state index in [1.165, 1.54) is 7.11 Å². The first-order valence-corrected chi connectivity index (χ1v) is 4.83.